The van der Waals surface area contributed by atoms with Gasteiger partial charge in [0.25, 0.3) is 0 Å². The monoisotopic (exact) mass is 260 g/mol. The van der Waals surface area contributed by atoms with E-state index >= 15 is 0 Å². The van der Waals surface area contributed by atoms with Crippen molar-refractivity contribution in [2.75, 3.05) is 18.1 Å². The summed E-state index contributed by atoms with van der Waals surface area (Å²) in [4.78, 5) is 22.9. The predicted molar refractivity (Wildman–Crippen MR) is 73.1 cm³/mol. The lowest BCUT2D eigenvalue weighted by atomic mass is 9.88. The number of nitrogens with two attached hydrogens (primary N) is 1. The van der Waals surface area contributed by atoms with Crippen LogP contribution in [0.3, 0.4) is 0 Å². The molecule has 1 unspecified atom stereocenters. The molecule has 0 spiro atoms. The standard InChI is InChI=1S/C13H16N4O2/c1-16-12-7(3-2-4-9(12)14)11(15)8-5-6-10(18)17-13(8)19/h2-4,8,15-16H,5-6,14H2,1H3,(H,17,18,19). The maximum atomic E-state index is 11.8. The number of rotatable bonds is 3. The van der Waals surface area contributed by atoms with Gasteiger partial charge >= 0.3 is 0 Å². The van der Waals surface area contributed by atoms with Gasteiger partial charge in [-0.3, -0.25) is 14.9 Å². The van der Waals surface area contributed by atoms with Crippen LogP contribution in [0.1, 0.15) is 18.4 Å². The van der Waals surface area contributed by atoms with Gasteiger partial charge in [-0.25, -0.2) is 0 Å². The fourth-order valence-corrected chi connectivity index (χ4v) is 2.23. The normalized spacial score (nSPS) is 18.9. The number of hydrogen-bond acceptors (Lipinski definition) is 5. The number of anilines is 2. The molecule has 1 fully saturated rings. The van der Waals surface area contributed by atoms with E-state index in [0.29, 0.717) is 23.4 Å². The molecule has 1 aliphatic rings. The van der Waals surface area contributed by atoms with Gasteiger partial charge in [0, 0.05) is 19.0 Å². The Hall–Kier alpha value is -2.37. The highest BCUT2D eigenvalue weighted by Gasteiger charge is 2.31. The second-order valence-corrected chi connectivity index (χ2v) is 4.44. The second kappa shape index (κ2) is 5.09. The van der Waals surface area contributed by atoms with Crippen LogP contribution in [0.25, 0.3) is 0 Å². The first-order valence-electron chi connectivity index (χ1n) is 6.03. The molecule has 1 aromatic carbocycles. The summed E-state index contributed by atoms with van der Waals surface area (Å²) in [6.07, 6.45) is 0.622. The van der Waals surface area contributed by atoms with Crippen molar-refractivity contribution < 1.29 is 9.59 Å². The molecule has 0 saturated carbocycles. The Morgan fingerprint density at radius 1 is 1.47 bits per heavy atom. The molecule has 19 heavy (non-hydrogen) atoms. The van der Waals surface area contributed by atoms with E-state index in [9.17, 15) is 9.59 Å². The number of nitrogen functional groups attached to an aromatic ring is 1. The molecule has 0 radical (unpaired) electrons. The maximum Gasteiger partial charge on any atom is 0.235 e. The van der Waals surface area contributed by atoms with E-state index in [1.54, 1.807) is 25.2 Å². The first-order chi connectivity index (χ1) is 9.04. The number of carbonyl (C=O) groups is 2. The number of piperidine rings is 1. The minimum Gasteiger partial charge on any atom is -0.397 e. The van der Waals surface area contributed by atoms with Crippen LogP contribution >= 0.6 is 0 Å². The van der Waals surface area contributed by atoms with Crippen LogP contribution in [0, 0.1) is 11.3 Å². The summed E-state index contributed by atoms with van der Waals surface area (Å²) < 4.78 is 0. The zero-order valence-corrected chi connectivity index (χ0v) is 10.6. The Morgan fingerprint density at radius 3 is 2.84 bits per heavy atom. The first kappa shape index (κ1) is 13.1. The molecule has 1 atom stereocenters. The van der Waals surface area contributed by atoms with E-state index in [2.05, 4.69) is 10.6 Å². The van der Waals surface area contributed by atoms with Crippen LogP contribution in [-0.4, -0.2) is 24.6 Å². The lowest BCUT2D eigenvalue weighted by Crippen LogP contribution is -2.44. The third-order valence-corrected chi connectivity index (χ3v) is 3.22. The molecule has 0 aliphatic carbocycles. The second-order valence-electron chi connectivity index (χ2n) is 4.44. The lowest BCUT2D eigenvalue weighted by Gasteiger charge is -2.23. The number of carbonyl (C=O) groups excluding carboxylic acids is 2. The molecular weight excluding hydrogens is 244 g/mol. The van der Waals surface area contributed by atoms with Crippen LogP contribution in [0.2, 0.25) is 0 Å². The van der Waals surface area contributed by atoms with Gasteiger partial charge in [0.2, 0.25) is 11.8 Å². The van der Waals surface area contributed by atoms with Crippen LogP contribution in [0.15, 0.2) is 18.2 Å². The minimum absolute atomic E-state index is 0.182. The van der Waals surface area contributed by atoms with Gasteiger partial charge in [0.05, 0.1) is 23.0 Å². The van der Waals surface area contributed by atoms with Crippen molar-refractivity contribution in [2.45, 2.75) is 12.8 Å². The minimum atomic E-state index is -0.605. The Labute approximate surface area is 110 Å². The van der Waals surface area contributed by atoms with Gasteiger partial charge in [-0.15, -0.1) is 0 Å². The molecule has 5 N–H and O–H groups in total. The van der Waals surface area contributed by atoms with Gasteiger partial charge in [-0.05, 0) is 12.5 Å². The number of nitrogens with one attached hydrogen (secondary N) is 3. The number of para-hydroxylation sites is 1. The van der Waals surface area contributed by atoms with Gasteiger partial charge in [-0.1, -0.05) is 12.1 Å². The van der Waals surface area contributed by atoms with E-state index in [0.717, 1.165) is 0 Å². The van der Waals surface area contributed by atoms with E-state index in [4.69, 9.17) is 11.1 Å². The fourth-order valence-electron chi connectivity index (χ4n) is 2.23. The van der Waals surface area contributed by atoms with Gasteiger partial charge in [0.15, 0.2) is 0 Å². The van der Waals surface area contributed by atoms with Crippen LogP contribution in [-0.2, 0) is 9.59 Å². The van der Waals surface area contributed by atoms with E-state index in [-0.39, 0.29) is 18.0 Å². The summed E-state index contributed by atoms with van der Waals surface area (Å²) >= 11 is 0. The van der Waals surface area contributed by atoms with Crippen molar-refractivity contribution in [3.8, 4) is 0 Å². The largest absolute Gasteiger partial charge is 0.397 e. The summed E-state index contributed by atoms with van der Waals surface area (Å²) in [6.45, 7) is 0. The molecule has 0 aromatic heterocycles. The van der Waals surface area contributed by atoms with E-state index < -0.39 is 11.8 Å². The quantitative estimate of drug-likeness (QED) is 0.365. The number of imide groups is 1. The summed E-state index contributed by atoms with van der Waals surface area (Å²) in [5, 5.41) is 13.4. The third kappa shape index (κ3) is 2.42. The van der Waals surface area contributed by atoms with Crippen LogP contribution in [0.5, 0.6) is 0 Å². The van der Waals surface area contributed by atoms with Crippen molar-refractivity contribution in [3.05, 3.63) is 23.8 Å². The van der Waals surface area contributed by atoms with Crippen molar-refractivity contribution in [3.63, 3.8) is 0 Å². The molecule has 1 heterocycles. The lowest BCUT2D eigenvalue weighted by molar-refractivity contribution is -0.134. The van der Waals surface area contributed by atoms with Gasteiger partial charge in [-0.2, -0.15) is 0 Å². The average molecular weight is 260 g/mol. The molecule has 6 heteroatoms. The Kier molecular flexibility index (Phi) is 3.50. The number of amides is 2. The van der Waals surface area contributed by atoms with Gasteiger partial charge in [0.1, 0.15) is 0 Å². The van der Waals surface area contributed by atoms with Crippen molar-refractivity contribution in [1.82, 2.24) is 5.32 Å². The SMILES string of the molecule is CNc1c(N)cccc1C(=N)C1CCC(=O)NC1=O. The smallest absolute Gasteiger partial charge is 0.235 e. The molecule has 1 saturated heterocycles. The van der Waals surface area contributed by atoms with Crippen molar-refractivity contribution in [2.24, 2.45) is 5.92 Å². The first-order valence-corrected chi connectivity index (χ1v) is 6.03. The summed E-state index contributed by atoms with van der Waals surface area (Å²) in [5.74, 6) is -1.30. The third-order valence-electron chi connectivity index (χ3n) is 3.22. The fraction of sp³-hybridized carbons (Fsp3) is 0.308. The topological polar surface area (TPSA) is 108 Å². The molecule has 2 rings (SSSR count). The molecule has 1 aliphatic heterocycles. The molecule has 2 amide bonds. The zero-order chi connectivity index (χ0) is 14.0. The summed E-state index contributed by atoms with van der Waals surface area (Å²) in [7, 11) is 1.72. The highest BCUT2D eigenvalue weighted by atomic mass is 16.2. The number of hydrogen-bond donors (Lipinski definition) is 4. The highest BCUT2D eigenvalue weighted by molar-refractivity contribution is 6.18. The van der Waals surface area contributed by atoms with Crippen molar-refractivity contribution in [1.29, 1.82) is 5.41 Å². The summed E-state index contributed by atoms with van der Waals surface area (Å²) in [5.41, 5.74) is 7.78. The molecule has 100 valence electrons. The van der Waals surface area contributed by atoms with Crippen molar-refractivity contribution >= 4 is 28.9 Å². The highest BCUT2D eigenvalue weighted by Crippen LogP contribution is 2.27. The average Bonchev–Trinajstić information content (AvgIpc) is 2.37. The van der Waals surface area contributed by atoms with E-state index in [1.807, 2.05) is 0 Å². The Bertz CT molecular complexity index is 554. The molecular formula is C13H16N4O2. The van der Waals surface area contributed by atoms with E-state index in [1.165, 1.54) is 0 Å². The zero-order valence-electron chi connectivity index (χ0n) is 10.6. The van der Waals surface area contributed by atoms with Gasteiger partial charge < -0.3 is 16.5 Å². The van der Waals surface area contributed by atoms with Crippen LogP contribution in [0.4, 0.5) is 11.4 Å². The molecule has 6 nitrogen and oxygen atoms in total. The predicted octanol–water partition coefficient (Wildman–Crippen LogP) is 0.731. The summed E-state index contributed by atoms with van der Waals surface area (Å²) in [6, 6.07) is 5.22. The Balaban J connectivity index is 2.32. The number of benzene rings is 1. The molecule has 1 aromatic rings. The Morgan fingerprint density at radius 2 is 2.21 bits per heavy atom. The maximum absolute atomic E-state index is 11.8. The van der Waals surface area contributed by atoms with Crippen LogP contribution < -0.4 is 16.4 Å². The molecule has 0 bridgehead atoms.